The maximum atomic E-state index is 13.3. The minimum absolute atomic E-state index is 0.137. The molecule has 0 atom stereocenters. The number of benzene rings is 1. The highest BCUT2D eigenvalue weighted by molar-refractivity contribution is 5.33. The molecule has 1 aromatic rings. The van der Waals surface area contributed by atoms with Crippen molar-refractivity contribution in [2.24, 2.45) is 0 Å². The zero-order valence-corrected chi connectivity index (χ0v) is 11.5. The standard InChI is InChI=1S/C14H22FNO2/c1-14(2,7-8-17)16(3)10-11-9-12(15)5-6-13(11)18-4/h5-6,9,17H,7-8,10H2,1-4H3. The molecule has 4 heteroatoms. The van der Waals surface area contributed by atoms with Crippen LogP contribution in [0.3, 0.4) is 0 Å². The van der Waals surface area contributed by atoms with Gasteiger partial charge < -0.3 is 9.84 Å². The van der Waals surface area contributed by atoms with Crippen LogP contribution in [0.4, 0.5) is 4.39 Å². The minimum Gasteiger partial charge on any atom is -0.496 e. The summed E-state index contributed by atoms with van der Waals surface area (Å²) in [5.41, 5.74) is 0.664. The van der Waals surface area contributed by atoms with Gasteiger partial charge in [-0.2, -0.15) is 0 Å². The van der Waals surface area contributed by atoms with Crippen LogP contribution < -0.4 is 4.74 Å². The highest BCUT2D eigenvalue weighted by Crippen LogP contribution is 2.25. The summed E-state index contributed by atoms with van der Waals surface area (Å²) < 4.78 is 18.5. The zero-order chi connectivity index (χ0) is 13.8. The van der Waals surface area contributed by atoms with E-state index in [2.05, 4.69) is 18.7 Å². The Hall–Kier alpha value is -1.13. The van der Waals surface area contributed by atoms with Gasteiger partial charge in [-0.05, 0) is 45.5 Å². The molecule has 0 unspecified atom stereocenters. The van der Waals surface area contributed by atoms with Crippen molar-refractivity contribution in [3.8, 4) is 5.75 Å². The summed E-state index contributed by atoms with van der Waals surface area (Å²) in [7, 11) is 3.54. The second kappa shape index (κ2) is 6.16. The Balaban J connectivity index is 2.86. The molecule has 102 valence electrons. The largest absolute Gasteiger partial charge is 0.496 e. The van der Waals surface area contributed by atoms with E-state index in [1.54, 1.807) is 13.2 Å². The Morgan fingerprint density at radius 2 is 2.06 bits per heavy atom. The van der Waals surface area contributed by atoms with Gasteiger partial charge in [-0.15, -0.1) is 0 Å². The molecule has 1 aromatic carbocycles. The van der Waals surface area contributed by atoms with Gasteiger partial charge in [0.25, 0.3) is 0 Å². The van der Waals surface area contributed by atoms with Gasteiger partial charge in [-0.25, -0.2) is 4.39 Å². The van der Waals surface area contributed by atoms with E-state index in [0.29, 0.717) is 18.7 Å². The number of ether oxygens (including phenoxy) is 1. The second-order valence-corrected chi connectivity index (χ2v) is 5.10. The molecule has 0 amide bonds. The quantitative estimate of drug-likeness (QED) is 0.847. The van der Waals surface area contributed by atoms with Gasteiger partial charge in [0.15, 0.2) is 0 Å². The molecule has 3 nitrogen and oxygen atoms in total. The number of aliphatic hydroxyl groups is 1. The predicted molar refractivity (Wildman–Crippen MR) is 70.2 cm³/mol. The Kier molecular flexibility index (Phi) is 5.11. The van der Waals surface area contributed by atoms with E-state index in [4.69, 9.17) is 9.84 Å². The lowest BCUT2D eigenvalue weighted by molar-refractivity contribution is 0.109. The van der Waals surface area contributed by atoms with Crippen molar-refractivity contribution >= 4 is 0 Å². The first-order valence-corrected chi connectivity index (χ1v) is 6.05. The van der Waals surface area contributed by atoms with Crippen molar-refractivity contribution in [3.05, 3.63) is 29.6 Å². The first-order chi connectivity index (χ1) is 8.40. The number of aliphatic hydroxyl groups excluding tert-OH is 1. The molecule has 0 radical (unpaired) electrons. The maximum absolute atomic E-state index is 13.3. The topological polar surface area (TPSA) is 32.7 Å². The molecule has 0 saturated heterocycles. The summed E-state index contributed by atoms with van der Waals surface area (Å²) in [4.78, 5) is 2.08. The Labute approximate surface area is 108 Å². The van der Waals surface area contributed by atoms with Crippen molar-refractivity contribution in [1.82, 2.24) is 4.90 Å². The molecule has 0 bridgehead atoms. The molecule has 0 aliphatic carbocycles. The van der Waals surface area contributed by atoms with Gasteiger partial charge in [0.2, 0.25) is 0 Å². The Morgan fingerprint density at radius 3 is 2.61 bits per heavy atom. The van der Waals surface area contributed by atoms with Crippen LogP contribution in [-0.2, 0) is 6.54 Å². The van der Waals surface area contributed by atoms with Crippen LogP contribution in [0.2, 0.25) is 0 Å². The van der Waals surface area contributed by atoms with Crippen LogP contribution in [0.5, 0.6) is 5.75 Å². The van der Waals surface area contributed by atoms with Crippen molar-refractivity contribution in [2.75, 3.05) is 20.8 Å². The van der Waals surface area contributed by atoms with Gasteiger partial charge in [-0.3, -0.25) is 4.90 Å². The first kappa shape index (κ1) is 14.9. The van der Waals surface area contributed by atoms with Gasteiger partial charge in [0, 0.05) is 24.3 Å². The van der Waals surface area contributed by atoms with Crippen molar-refractivity contribution in [2.45, 2.75) is 32.4 Å². The van der Waals surface area contributed by atoms with E-state index in [-0.39, 0.29) is 18.0 Å². The van der Waals surface area contributed by atoms with Gasteiger partial charge in [-0.1, -0.05) is 0 Å². The number of rotatable bonds is 6. The van der Waals surface area contributed by atoms with E-state index in [9.17, 15) is 4.39 Å². The Morgan fingerprint density at radius 1 is 1.39 bits per heavy atom. The van der Waals surface area contributed by atoms with Crippen LogP contribution >= 0.6 is 0 Å². The number of methoxy groups -OCH3 is 1. The van der Waals surface area contributed by atoms with Crippen LogP contribution in [0.25, 0.3) is 0 Å². The fourth-order valence-corrected chi connectivity index (χ4v) is 1.80. The van der Waals surface area contributed by atoms with Crippen LogP contribution in [0.15, 0.2) is 18.2 Å². The minimum atomic E-state index is -0.265. The summed E-state index contributed by atoms with van der Waals surface area (Å²) in [6.07, 6.45) is 0.668. The number of hydrogen-bond donors (Lipinski definition) is 1. The molecule has 0 aromatic heterocycles. The molecule has 0 aliphatic heterocycles. The van der Waals surface area contributed by atoms with Crippen molar-refractivity contribution in [3.63, 3.8) is 0 Å². The number of nitrogens with zero attached hydrogens (tertiary/aromatic N) is 1. The van der Waals surface area contributed by atoms with Crippen molar-refractivity contribution < 1.29 is 14.2 Å². The van der Waals surface area contributed by atoms with Crippen molar-refractivity contribution in [1.29, 1.82) is 0 Å². The Bertz CT molecular complexity index is 393. The SMILES string of the molecule is COc1ccc(F)cc1CN(C)C(C)(C)CCO. The molecule has 1 rings (SSSR count). The summed E-state index contributed by atoms with van der Waals surface area (Å²) in [5.74, 6) is 0.419. The smallest absolute Gasteiger partial charge is 0.123 e. The molecule has 0 aliphatic rings. The van der Waals surface area contributed by atoms with E-state index in [0.717, 1.165) is 5.56 Å². The summed E-state index contributed by atoms with van der Waals surface area (Å²) in [6, 6.07) is 4.52. The fourth-order valence-electron chi connectivity index (χ4n) is 1.80. The van der Waals surface area contributed by atoms with E-state index < -0.39 is 0 Å². The van der Waals surface area contributed by atoms with Gasteiger partial charge in [0.1, 0.15) is 11.6 Å². The normalized spacial score (nSPS) is 11.9. The van der Waals surface area contributed by atoms with Crippen LogP contribution in [-0.4, -0.2) is 36.3 Å². The zero-order valence-electron chi connectivity index (χ0n) is 11.5. The molecule has 18 heavy (non-hydrogen) atoms. The summed E-state index contributed by atoms with van der Waals surface area (Å²) in [6.45, 7) is 4.82. The third-order valence-corrected chi connectivity index (χ3v) is 3.41. The third kappa shape index (κ3) is 3.68. The molecular formula is C14H22FNO2. The average Bonchev–Trinajstić information content (AvgIpc) is 2.29. The number of hydrogen-bond acceptors (Lipinski definition) is 3. The number of halogens is 1. The predicted octanol–water partition coefficient (Wildman–Crippen LogP) is 2.43. The average molecular weight is 255 g/mol. The van der Waals surface area contributed by atoms with Crippen LogP contribution in [0, 0.1) is 5.82 Å². The molecular weight excluding hydrogens is 233 g/mol. The third-order valence-electron chi connectivity index (χ3n) is 3.41. The molecule has 0 spiro atoms. The lowest BCUT2D eigenvalue weighted by Crippen LogP contribution is -2.41. The molecule has 0 heterocycles. The second-order valence-electron chi connectivity index (χ2n) is 5.10. The van der Waals surface area contributed by atoms with E-state index in [1.165, 1.54) is 12.1 Å². The summed E-state index contributed by atoms with van der Waals surface area (Å²) >= 11 is 0. The maximum Gasteiger partial charge on any atom is 0.123 e. The van der Waals surface area contributed by atoms with Gasteiger partial charge in [0.05, 0.1) is 7.11 Å². The van der Waals surface area contributed by atoms with Gasteiger partial charge >= 0.3 is 0 Å². The molecule has 1 N–H and O–H groups in total. The monoisotopic (exact) mass is 255 g/mol. The van der Waals surface area contributed by atoms with E-state index >= 15 is 0 Å². The fraction of sp³-hybridized carbons (Fsp3) is 0.571. The first-order valence-electron chi connectivity index (χ1n) is 6.05. The van der Waals surface area contributed by atoms with Crippen LogP contribution in [0.1, 0.15) is 25.8 Å². The summed E-state index contributed by atoms with van der Waals surface area (Å²) in [5, 5.41) is 9.05. The molecule has 0 fully saturated rings. The lowest BCUT2D eigenvalue weighted by Gasteiger charge is -2.35. The lowest BCUT2D eigenvalue weighted by atomic mass is 9.98. The highest BCUT2D eigenvalue weighted by Gasteiger charge is 2.23. The highest BCUT2D eigenvalue weighted by atomic mass is 19.1. The van der Waals surface area contributed by atoms with E-state index in [1.807, 2.05) is 7.05 Å². The molecule has 0 saturated carbocycles.